The standard InChI is InChI=1S/C18H19ClN2O2S/c1-12(2)11-23-16-8-6-15(7-9-16)20-18(24)21-17(22)13-4-3-5-14(19)10-13/h3-10,12H,11H2,1-2H3,(H2,20,21,22,24). The lowest BCUT2D eigenvalue weighted by Gasteiger charge is -2.11. The van der Waals surface area contributed by atoms with Gasteiger partial charge in [-0.1, -0.05) is 31.5 Å². The first-order chi connectivity index (χ1) is 11.4. The SMILES string of the molecule is CC(C)COc1ccc(NC(=S)NC(=O)c2cccc(Cl)c2)cc1. The fraction of sp³-hybridized carbons (Fsp3) is 0.222. The number of carbonyl (C=O) groups is 1. The van der Waals surface area contributed by atoms with Gasteiger partial charge in [-0.25, -0.2) is 0 Å². The van der Waals surface area contributed by atoms with Crippen LogP contribution in [0.1, 0.15) is 24.2 Å². The molecule has 0 aliphatic heterocycles. The number of benzene rings is 2. The summed E-state index contributed by atoms with van der Waals surface area (Å²) in [5, 5.41) is 6.30. The van der Waals surface area contributed by atoms with Crippen molar-refractivity contribution in [2.75, 3.05) is 11.9 Å². The number of ether oxygens (including phenoxy) is 1. The second-order valence-electron chi connectivity index (χ2n) is 5.65. The molecule has 0 bridgehead atoms. The second kappa shape index (κ2) is 8.66. The van der Waals surface area contributed by atoms with Crippen LogP contribution in [0.4, 0.5) is 5.69 Å². The smallest absolute Gasteiger partial charge is 0.257 e. The van der Waals surface area contributed by atoms with E-state index in [0.717, 1.165) is 11.4 Å². The molecular weight excluding hydrogens is 344 g/mol. The number of thiocarbonyl (C=S) groups is 1. The van der Waals surface area contributed by atoms with E-state index in [-0.39, 0.29) is 11.0 Å². The molecule has 2 aromatic carbocycles. The molecule has 0 aliphatic rings. The van der Waals surface area contributed by atoms with Crippen molar-refractivity contribution >= 4 is 40.5 Å². The summed E-state index contributed by atoms with van der Waals surface area (Å²) in [6, 6.07) is 14.1. The number of hydrogen-bond acceptors (Lipinski definition) is 3. The number of halogens is 1. The first-order valence-electron chi connectivity index (χ1n) is 7.55. The van der Waals surface area contributed by atoms with Gasteiger partial charge in [0.15, 0.2) is 5.11 Å². The van der Waals surface area contributed by atoms with Crippen LogP contribution in [-0.4, -0.2) is 17.6 Å². The minimum Gasteiger partial charge on any atom is -0.493 e. The van der Waals surface area contributed by atoms with Crippen LogP contribution in [0.15, 0.2) is 48.5 Å². The Bertz CT molecular complexity index is 717. The highest BCUT2D eigenvalue weighted by Gasteiger charge is 2.08. The number of hydrogen-bond donors (Lipinski definition) is 2. The molecule has 0 aliphatic carbocycles. The molecule has 0 aromatic heterocycles. The maximum absolute atomic E-state index is 12.1. The third-order valence-corrected chi connectivity index (χ3v) is 3.45. The van der Waals surface area contributed by atoms with E-state index in [0.29, 0.717) is 23.1 Å². The van der Waals surface area contributed by atoms with Crippen molar-refractivity contribution in [3.63, 3.8) is 0 Å². The predicted molar refractivity (Wildman–Crippen MR) is 102 cm³/mol. The third-order valence-electron chi connectivity index (χ3n) is 3.01. The lowest BCUT2D eigenvalue weighted by Crippen LogP contribution is -2.34. The summed E-state index contributed by atoms with van der Waals surface area (Å²) in [6.07, 6.45) is 0. The molecular formula is C18H19ClN2O2S. The highest BCUT2D eigenvalue weighted by molar-refractivity contribution is 7.80. The van der Waals surface area contributed by atoms with Crippen LogP contribution in [0.25, 0.3) is 0 Å². The average molecular weight is 363 g/mol. The van der Waals surface area contributed by atoms with Crippen LogP contribution in [-0.2, 0) is 0 Å². The summed E-state index contributed by atoms with van der Waals surface area (Å²) >= 11 is 11.0. The molecule has 6 heteroatoms. The highest BCUT2D eigenvalue weighted by atomic mass is 35.5. The summed E-state index contributed by atoms with van der Waals surface area (Å²) in [5.74, 6) is 0.951. The van der Waals surface area contributed by atoms with E-state index in [9.17, 15) is 4.79 Å². The van der Waals surface area contributed by atoms with Gasteiger partial charge in [0.05, 0.1) is 6.61 Å². The van der Waals surface area contributed by atoms with Crippen LogP contribution in [0.5, 0.6) is 5.75 Å². The summed E-state index contributed by atoms with van der Waals surface area (Å²) in [6.45, 7) is 4.86. The van der Waals surface area contributed by atoms with Gasteiger partial charge in [0.25, 0.3) is 5.91 Å². The Kier molecular flexibility index (Phi) is 6.58. The van der Waals surface area contributed by atoms with E-state index in [1.807, 2.05) is 24.3 Å². The van der Waals surface area contributed by atoms with Gasteiger partial charge in [0, 0.05) is 16.3 Å². The normalized spacial score (nSPS) is 10.3. The second-order valence-corrected chi connectivity index (χ2v) is 6.49. The van der Waals surface area contributed by atoms with Gasteiger partial charge in [0.1, 0.15) is 5.75 Å². The van der Waals surface area contributed by atoms with E-state index in [1.54, 1.807) is 24.3 Å². The Morgan fingerprint density at radius 2 is 1.92 bits per heavy atom. The number of rotatable bonds is 5. The van der Waals surface area contributed by atoms with Crippen LogP contribution >= 0.6 is 23.8 Å². The lowest BCUT2D eigenvalue weighted by molar-refractivity contribution is 0.0977. The van der Waals surface area contributed by atoms with Crippen molar-refractivity contribution in [1.29, 1.82) is 0 Å². The largest absolute Gasteiger partial charge is 0.493 e. The molecule has 0 saturated heterocycles. The first kappa shape index (κ1) is 18.2. The van der Waals surface area contributed by atoms with E-state index in [4.69, 9.17) is 28.6 Å². The molecule has 1 amide bonds. The van der Waals surface area contributed by atoms with Crippen LogP contribution in [0, 0.1) is 5.92 Å². The maximum Gasteiger partial charge on any atom is 0.257 e. The van der Waals surface area contributed by atoms with Crippen molar-refractivity contribution in [3.05, 3.63) is 59.1 Å². The summed E-state index contributed by atoms with van der Waals surface area (Å²) in [5.41, 5.74) is 1.22. The molecule has 2 aromatic rings. The fourth-order valence-electron chi connectivity index (χ4n) is 1.86. The minimum atomic E-state index is -0.313. The summed E-state index contributed by atoms with van der Waals surface area (Å²) in [7, 11) is 0. The Morgan fingerprint density at radius 3 is 2.54 bits per heavy atom. The van der Waals surface area contributed by atoms with Gasteiger partial charge in [-0.05, 0) is 60.6 Å². The molecule has 0 unspecified atom stereocenters. The van der Waals surface area contributed by atoms with Gasteiger partial charge in [-0.15, -0.1) is 0 Å². The molecule has 0 radical (unpaired) electrons. The molecule has 0 fully saturated rings. The van der Waals surface area contributed by atoms with Crippen LogP contribution in [0.3, 0.4) is 0 Å². The highest BCUT2D eigenvalue weighted by Crippen LogP contribution is 2.16. The van der Waals surface area contributed by atoms with Gasteiger partial charge >= 0.3 is 0 Å². The predicted octanol–water partition coefficient (Wildman–Crippen LogP) is 4.50. The quantitative estimate of drug-likeness (QED) is 0.769. The fourth-order valence-corrected chi connectivity index (χ4v) is 2.27. The zero-order chi connectivity index (χ0) is 17.5. The van der Waals surface area contributed by atoms with Crippen LogP contribution in [0.2, 0.25) is 5.02 Å². The molecule has 126 valence electrons. The minimum absolute atomic E-state index is 0.218. The number of anilines is 1. The molecule has 0 heterocycles. The Balaban J connectivity index is 1.89. The number of nitrogens with one attached hydrogen (secondary N) is 2. The molecule has 2 N–H and O–H groups in total. The summed E-state index contributed by atoms with van der Waals surface area (Å²) < 4.78 is 5.62. The van der Waals surface area contributed by atoms with Crippen molar-refractivity contribution in [1.82, 2.24) is 5.32 Å². The molecule has 0 atom stereocenters. The van der Waals surface area contributed by atoms with Crippen molar-refractivity contribution in [3.8, 4) is 5.75 Å². The van der Waals surface area contributed by atoms with Crippen molar-refractivity contribution in [2.45, 2.75) is 13.8 Å². The van der Waals surface area contributed by atoms with Crippen molar-refractivity contribution in [2.24, 2.45) is 5.92 Å². The topological polar surface area (TPSA) is 50.4 Å². The molecule has 0 spiro atoms. The van der Waals surface area contributed by atoms with E-state index >= 15 is 0 Å². The van der Waals surface area contributed by atoms with Crippen LogP contribution < -0.4 is 15.4 Å². The lowest BCUT2D eigenvalue weighted by atomic mass is 10.2. The maximum atomic E-state index is 12.1. The van der Waals surface area contributed by atoms with Gasteiger partial charge in [-0.3, -0.25) is 10.1 Å². The number of carbonyl (C=O) groups excluding carboxylic acids is 1. The molecule has 24 heavy (non-hydrogen) atoms. The van der Waals surface area contributed by atoms with Crippen molar-refractivity contribution < 1.29 is 9.53 Å². The van der Waals surface area contributed by atoms with Gasteiger partial charge in [0.2, 0.25) is 0 Å². The monoisotopic (exact) mass is 362 g/mol. The average Bonchev–Trinajstić information content (AvgIpc) is 2.54. The van der Waals surface area contributed by atoms with E-state index in [2.05, 4.69) is 24.5 Å². The number of amides is 1. The Morgan fingerprint density at radius 1 is 1.21 bits per heavy atom. The third kappa shape index (κ3) is 5.83. The zero-order valence-electron chi connectivity index (χ0n) is 13.5. The first-order valence-corrected chi connectivity index (χ1v) is 8.33. The van der Waals surface area contributed by atoms with E-state index in [1.165, 1.54) is 0 Å². The molecule has 0 saturated carbocycles. The Hall–Kier alpha value is -2.11. The molecule has 2 rings (SSSR count). The van der Waals surface area contributed by atoms with Gasteiger partial charge in [-0.2, -0.15) is 0 Å². The summed E-state index contributed by atoms with van der Waals surface area (Å²) in [4.78, 5) is 12.1. The molecule has 4 nitrogen and oxygen atoms in total. The van der Waals surface area contributed by atoms with E-state index < -0.39 is 0 Å². The Labute approximate surface area is 152 Å². The van der Waals surface area contributed by atoms with Gasteiger partial charge < -0.3 is 10.1 Å². The zero-order valence-corrected chi connectivity index (χ0v) is 15.1.